The second-order valence-corrected chi connectivity index (χ2v) is 4.98. The van der Waals surface area contributed by atoms with Crippen molar-refractivity contribution >= 4 is 0 Å². The standard InChI is InChI=1S/C12H24N2/c1-5-11(2)9-14-8-6-7-13-12(3,4)10-14/h13H,2,5-10H2,1,3-4H3. The lowest BCUT2D eigenvalue weighted by Crippen LogP contribution is -2.46. The molecule has 0 amide bonds. The van der Waals surface area contributed by atoms with Crippen LogP contribution in [-0.4, -0.2) is 36.6 Å². The maximum atomic E-state index is 4.08. The van der Waals surface area contributed by atoms with Gasteiger partial charge in [0.05, 0.1) is 0 Å². The Kier molecular flexibility index (Phi) is 4.14. The van der Waals surface area contributed by atoms with Crippen LogP contribution in [0.5, 0.6) is 0 Å². The van der Waals surface area contributed by atoms with Crippen molar-refractivity contribution in [2.24, 2.45) is 0 Å². The highest BCUT2D eigenvalue weighted by Gasteiger charge is 2.23. The molecule has 1 saturated heterocycles. The third-order valence-electron chi connectivity index (χ3n) is 2.82. The van der Waals surface area contributed by atoms with Gasteiger partial charge in [-0.25, -0.2) is 0 Å². The monoisotopic (exact) mass is 196 g/mol. The van der Waals surface area contributed by atoms with Crippen molar-refractivity contribution in [2.45, 2.75) is 39.2 Å². The van der Waals surface area contributed by atoms with Crippen molar-refractivity contribution < 1.29 is 0 Å². The fourth-order valence-electron chi connectivity index (χ4n) is 1.99. The van der Waals surface area contributed by atoms with Gasteiger partial charge in [-0.3, -0.25) is 4.90 Å². The Morgan fingerprint density at radius 3 is 2.86 bits per heavy atom. The second kappa shape index (κ2) is 4.94. The minimum absolute atomic E-state index is 0.254. The minimum atomic E-state index is 0.254. The van der Waals surface area contributed by atoms with E-state index < -0.39 is 0 Å². The maximum absolute atomic E-state index is 4.08. The summed E-state index contributed by atoms with van der Waals surface area (Å²) in [4.78, 5) is 2.52. The van der Waals surface area contributed by atoms with Crippen molar-refractivity contribution in [1.82, 2.24) is 10.2 Å². The first-order chi connectivity index (χ1) is 6.53. The number of rotatable bonds is 3. The average molecular weight is 196 g/mol. The molecule has 1 fully saturated rings. The van der Waals surface area contributed by atoms with Crippen LogP contribution in [0.2, 0.25) is 0 Å². The van der Waals surface area contributed by atoms with Gasteiger partial charge in [0.15, 0.2) is 0 Å². The molecule has 1 aliphatic rings. The van der Waals surface area contributed by atoms with Gasteiger partial charge in [0.2, 0.25) is 0 Å². The molecule has 0 bridgehead atoms. The first-order valence-electron chi connectivity index (χ1n) is 5.67. The van der Waals surface area contributed by atoms with Gasteiger partial charge in [-0.15, -0.1) is 0 Å². The quantitative estimate of drug-likeness (QED) is 0.695. The smallest absolute Gasteiger partial charge is 0.0252 e. The Bertz CT molecular complexity index is 196. The average Bonchev–Trinajstić information content (AvgIpc) is 2.26. The topological polar surface area (TPSA) is 15.3 Å². The van der Waals surface area contributed by atoms with E-state index in [1.165, 1.54) is 18.5 Å². The summed E-state index contributed by atoms with van der Waals surface area (Å²) in [5.41, 5.74) is 1.60. The lowest BCUT2D eigenvalue weighted by atomic mass is 10.1. The lowest BCUT2D eigenvalue weighted by molar-refractivity contribution is 0.246. The van der Waals surface area contributed by atoms with E-state index in [9.17, 15) is 0 Å². The molecule has 0 radical (unpaired) electrons. The molecule has 0 unspecified atom stereocenters. The highest BCUT2D eigenvalue weighted by Crippen LogP contribution is 2.12. The van der Waals surface area contributed by atoms with E-state index in [-0.39, 0.29) is 5.54 Å². The first-order valence-corrected chi connectivity index (χ1v) is 5.67. The fourth-order valence-corrected chi connectivity index (χ4v) is 1.99. The van der Waals surface area contributed by atoms with Gasteiger partial charge in [0.1, 0.15) is 0 Å². The molecule has 82 valence electrons. The summed E-state index contributed by atoms with van der Waals surface area (Å²) in [6.45, 7) is 15.4. The summed E-state index contributed by atoms with van der Waals surface area (Å²) in [5.74, 6) is 0. The summed E-state index contributed by atoms with van der Waals surface area (Å²) in [6.07, 6.45) is 2.35. The van der Waals surface area contributed by atoms with E-state index in [0.717, 1.165) is 26.1 Å². The molecule has 0 aromatic carbocycles. The molecule has 0 atom stereocenters. The van der Waals surface area contributed by atoms with E-state index in [0.29, 0.717) is 0 Å². The summed E-state index contributed by atoms with van der Waals surface area (Å²) < 4.78 is 0. The van der Waals surface area contributed by atoms with Crippen molar-refractivity contribution in [3.63, 3.8) is 0 Å². The second-order valence-electron chi connectivity index (χ2n) is 4.98. The molecule has 1 rings (SSSR count). The van der Waals surface area contributed by atoms with Gasteiger partial charge >= 0.3 is 0 Å². The molecule has 0 aromatic rings. The van der Waals surface area contributed by atoms with Crippen LogP contribution in [0.4, 0.5) is 0 Å². The Balaban J connectivity index is 2.47. The first kappa shape index (κ1) is 11.7. The summed E-state index contributed by atoms with van der Waals surface area (Å²) in [7, 11) is 0. The van der Waals surface area contributed by atoms with Gasteiger partial charge in [-0.2, -0.15) is 0 Å². The summed E-state index contributed by atoms with van der Waals surface area (Å²) >= 11 is 0. The van der Waals surface area contributed by atoms with Crippen LogP contribution in [-0.2, 0) is 0 Å². The normalized spacial score (nSPS) is 23.1. The minimum Gasteiger partial charge on any atom is -0.310 e. The molecule has 0 spiro atoms. The Labute approximate surface area is 88.4 Å². The maximum Gasteiger partial charge on any atom is 0.0252 e. The molecule has 14 heavy (non-hydrogen) atoms. The van der Waals surface area contributed by atoms with Crippen molar-refractivity contribution in [3.05, 3.63) is 12.2 Å². The zero-order valence-electron chi connectivity index (χ0n) is 9.90. The van der Waals surface area contributed by atoms with E-state index >= 15 is 0 Å². The highest BCUT2D eigenvalue weighted by atomic mass is 15.2. The van der Waals surface area contributed by atoms with Gasteiger partial charge in [-0.1, -0.05) is 19.1 Å². The Morgan fingerprint density at radius 1 is 1.50 bits per heavy atom. The summed E-state index contributed by atoms with van der Waals surface area (Å²) in [5, 5.41) is 3.57. The number of hydrogen-bond acceptors (Lipinski definition) is 2. The van der Waals surface area contributed by atoms with Gasteiger partial charge < -0.3 is 5.32 Å². The zero-order chi connectivity index (χ0) is 10.6. The third kappa shape index (κ3) is 3.81. The molecule has 2 heteroatoms. The van der Waals surface area contributed by atoms with Crippen LogP contribution < -0.4 is 5.32 Å². The molecule has 1 aliphatic heterocycles. The Hall–Kier alpha value is -0.340. The SMILES string of the molecule is C=C(CC)CN1CCCNC(C)(C)C1. The van der Waals surface area contributed by atoms with Crippen LogP contribution in [0.3, 0.4) is 0 Å². The van der Waals surface area contributed by atoms with Crippen LogP contribution in [0.25, 0.3) is 0 Å². The van der Waals surface area contributed by atoms with E-state index in [2.05, 4.69) is 37.6 Å². The number of nitrogens with zero attached hydrogens (tertiary/aromatic N) is 1. The van der Waals surface area contributed by atoms with Crippen LogP contribution in [0.15, 0.2) is 12.2 Å². The van der Waals surface area contributed by atoms with Gasteiger partial charge in [-0.05, 0) is 39.8 Å². The highest BCUT2D eigenvalue weighted by molar-refractivity contribution is 4.98. The van der Waals surface area contributed by atoms with Crippen molar-refractivity contribution in [3.8, 4) is 0 Å². The summed E-state index contributed by atoms with van der Waals surface area (Å²) in [6, 6.07) is 0. The van der Waals surface area contributed by atoms with Gasteiger partial charge in [0.25, 0.3) is 0 Å². The Morgan fingerprint density at radius 2 is 2.21 bits per heavy atom. The number of hydrogen-bond donors (Lipinski definition) is 1. The number of nitrogens with one attached hydrogen (secondary N) is 1. The van der Waals surface area contributed by atoms with Crippen molar-refractivity contribution in [2.75, 3.05) is 26.2 Å². The van der Waals surface area contributed by atoms with Crippen LogP contribution in [0.1, 0.15) is 33.6 Å². The van der Waals surface area contributed by atoms with Crippen LogP contribution >= 0.6 is 0 Å². The van der Waals surface area contributed by atoms with E-state index in [1.54, 1.807) is 0 Å². The molecule has 0 aromatic heterocycles. The van der Waals surface area contributed by atoms with Crippen LogP contribution in [0, 0.1) is 0 Å². The molecule has 2 nitrogen and oxygen atoms in total. The lowest BCUT2D eigenvalue weighted by Gasteiger charge is -2.30. The molecule has 0 saturated carbocycles. The predicted octanol–water partition coefficient (Wildman–Crippen LogP) is 2.03. The third-order valence-corrected chi connectivity index (χ3v) is 2.82. The molecule has 1 N–H and O–H groups in total. The molecule has 1 heterocycles. The zero-order valence-corrected chi connectivity index (χ0v) is 9.90. The molecule has 0 aliphatic carbocycles. The van der Waals surface area contributed by atoms with Crippen molar-refractivity contribution in [1.29, 1.82) is 0 Å². The van der Waals surface area contributed by atoms with Gasteiger partial charge in [0, 0.05) is 18.6 Å². The largest absolute Gasteiger partial charge is 0.310 e. The molecular weight excluding hydrogens is 172 g/mol. The van der Waals surface area contributed by atoms with E-state index in [4.69, 9.17) is 0 Å². The molecular formula is C12H24N2. The fraction of sp³-hybridized carbons (Fsp3) is 0.833. The predicted molar refractivity (Wildman–Crippen MR) is 62.6 cm³/mol. The van der Waals surface area contributed by atoms with E-state index in [1.807, 2.05) is 0 Å².